The number of carbonyl (C=O) groups excluding carboxylic acids is 3. The Morgan fingerprint density at radius 1 is 1.32 bits per heavy atom. The molecule has 2 heterocycles. The number of alkyl halides is 3. The number of nitrogens with one attached hydrogen (secondary N) is 1. The molecule has 10 heteroatoms. The fourth-order valence-corrected chi connectivity index (χ4v) is 3.88. The Bertz CT molecular complexity index is 629. The van der Waals surface area contributed by atoms with Crippen molar-refractivity contribution >= 4 is 17.6 Å². The lowest BCUT2D eigenvalue weighted by molar-refractivity contribution is -0.320. The largest absolute Gasteiger partial charge is 0.522 e. The summed E-state index contributed by atoms with van der Waals surface area (Å²) >= 11 is 0. The molecular formula is C18H25F3N2O5. The van der Waals surface area contributed by atoms with Gasteiger partial charge in [-0.3, -0.25) is 19.1 Å². The predicted octanol–water partition coefficient (Wildman–Crippen LogP) is 1.55. The first-order valence-corrected chi connectivity index (χ1v) is 9.53. The molecule has 1 spiro atoms. The number of nitrogens with zero attached hydrogens (tertiary/aromatic N) is 1. The molecule has 2 saturated heterocycles. The van der Waals surface area contributed by atoms with Crippen molar-refractivity contribution < 1.29 is 37.0 Å². The van der Waals surface area contributed by atoms with Crippen LogP contribution in [-0.4, -0.2) is 66.8 Å². The second-order valence-corrected chi connectivity index (χ2v) is 8.01. The SMILES string of the molecule is C[C@H](NC(=O)[C@@H]1CC2(CC2)CN1C(=O)C[C@@H]1CCCO1)C(=O)COC(F)(F)F. The summed E-state index contributed by atoms with van der Waals surface area (Å²) in [5.74, 6) is -1.56. The van der Waals surface area contributed by atoms with Crippen molar-refractivity contribution in [1.29, 1.82) is 0 Å². The monoisotopic (exact) mass is 406 g/mol. The zero-order valence-corrected chi connectivity index (χ0v) is 15.7. The van der Waals surface area contributed by atoms with Crippen molar-refractivity contribution in [2.45, 2.75) is 70.0 Å². The van der Waals surface area contributed by atoms with Crippen molar-refractivity contribution in [3.63, 3.8) is 0 Å². The molecule has 0 unspecified atom stereocenters. The lowest BCUT2D eigenvalue weighted by Gasteiger charge is -2.26. The van der Waals surface area contributed by atoms with Crippen LogP contribution in [0.5, 0.6) is 0 Å². The highest BCUT2D eigenvalue weighted by Gasteiger charge is 2.55. The zero-order valence-electron chi connectivity index (χ0n) is 15.7. The third-order valence-electron chi connectivity index (χ3n) is 5.73. The van der Waals surface area contributed by atoms with Crippen molar-refractivity contribution in [3.8, 4) is 0 Å². The van der Waals surface area contributed by atoms with E-state index in [-0.39, 0.29) is 23.8 Å². The topological polar surface area (TPSA) is 84.9 Å². The van der Waals surface area contributed by atoms with Gasteiger partial charge in [-0.15, -0.1) is 13.2 Å². The van der Waals surface area contributed by atoms with E-state index in [0.29, 0.717) is 19.6 Å². The standard InChI is InChI=1S/C18H25F3N2O5/c1-11(14(24)9-28-18(19,20)21)22-16(26)13-8-17(4-5-17)10-23(13)15(25)7-12-3-2-6-27-12/h11-13H,2-10H2,1H3,(H,22,26)/t11-,12-,13-/m0/s1. The summed E-state index contributed by atoms with van der Waals surface area (Å²) in [6, 6.07) is -1.85. The minimum atomic E-state index is -4.91. The van der Waals surface area contributed by atoms with Crippen LogP contribution in [0.2, 0.25) is 0 Å². The van der Waals surface area contributed by atoms with E-state index >= 15 is 0 Å². The highest BCUT2D eigenvalue weighted by Crippen LogP contribution is 2.55. The number of likely N-dealkylation sites (tertiary alicyclic amines) is 1. The predicted molar refractivity (Wildman–Crippen MR) is 90.0 cm³/mol. The number of hydrogen-bond donors (Lipinski definition) is 1. The first-order valence-electron chi connectivity index (χ1n) is 9.53. The van der Waals surface area contributed by atoms with E-state index in [1.807, 2.05) is 0 Å². The Hall–Kier alpha value is -1.68. The lowest BCUT2D eigenvalue weighted by Crippen LogP contribution is -2.51. The molecule has 0 aromatic rings. The molecule has 158 valence electrons. The van der Waals surface area contributed by atoms with Crippen LogP contribution in [-0.2, 0) is 23.9 Å². The first-order chi connectivity index (χ1) is 13.1. The van der Waals surface area contributed by atoms with Crippen LogP contribution in [0.4, 0.5) is 13.2 Å². The van der Waals surface area contributed by atoms with Crippen LogP contribution >= 0.6 is 0 Å². The van der Waals surface area contributed by atoms with Gasteiger partial charge in [0.05, 0.1) is 18.6 Å². The molecule has 3 aliphatic rings. The van der Waals surface area contributed by atoms with Crippen LogP contribution < -0.4 is 5.32 Å². The van der Waals surface area contributed by atoms with Crippen molar-refractivity contribution in [2.75, 3.05) is 19.8 Å². The summed E-state index contributed by atoms with van der Waals surface area (Å²) in [6.07, 6.45) is -0.717. The van der Waals surface area contributed by atoms with E-state index in [4.69, 9.17) is 4.74 Å². The minimum absolute atomic E-state index is 0.0408. The molecule has 1 N–H and O–H groups in total. The maximum absolute atomic E-state index is 12.7. The average molecular weight is 406 g/mol. The Balaban J connectivity index is 1.57. The van der Waals surface area contributed by atoms with Crippen molar-refractivity contribution in [2.24, 2.45) is 5.41 Å². The number of carbonyl (C=O) groups is 3. The highest BCUT2D eigenvalue weighted by atomic mass is 19.4. The van der Waals surface area contributed by atoms with Gasteiger partial charge in [0.25, 0.3) is 0 Å². The van der Waals surface area contributed by atoms with Gasteiger partial charge in [0.15, 0.2) is 5.78 Å². The average Bonchev–Trinajstić information content (AvgIpc) is 3.01. The van der Waals surface area contributed by atoms with Gasteiger partial charge in [-0.2, -0.15) is 0 Å². The molecule has 3 fully saturated rings. The summed E-state index contributed by atoms with van der Waals surface area (Å²) in [6.45, 7) is 1.27. The number of ether oxygens (including phenoxy) is 2. The maximum Gasteiger partial charge on any atom is 0.522 e. The van der Waals surface area contributed by atoms with Crippen LogP contribution in [0.3, 0.4) is 0 Å². The van der Waals surface area contributed by atoms with E-state index in [1.165, 1.54) is 6.92 Å². The number of rotatable bonds is 7. The number of halogens is 3. The molecule has 0 aromatic carbocycles. The summed E-state index contributed by atoms with van der Waals surface area (Å²) in [4.78, 5) is 38.7. The van der Waals surface area contributed by atoms with E-state index in [2.05, 4.69) is 10.1 Å². The molecule has 0 bridgehead atoms. The van der Waals surface area contributed by atoms with Crippen LogP contribution in [0, 0.1) is 5.41 Å². The van der Waals surface area contributed by atoms with Gasteiger partial charge >= 0.3 is 6.36 Å². The summed E-state index contributed by atoms with van der Waals surface area (Å²) < 4.78 is 45.2. The van der Waals surface area contributed by atoms with Crippen LogP contribution in [0.15, 0.2) is 0 Å². The smallest absolute Gasteiger partial charge is 0.378 e. The van der Waals surface area contributed by atoms with Crippen LogP contribution in [0.1, 0.15) is 45.4 Å². The molecule has 3 rings (SSSR count). The Morgan fingerprint density at radius 3 is 2.61 bits per heavy atom. The van der Waals surface area contributed by atoms with Gasteiger partial charge in [-0.1, -0.05) is 0 Å². The van der Waals surface area contributed by atoms with Gasteiger partial charge < -0.3 is 15.0 Å². The molecular weight excluding hydrogens is 381 g/mol. The second-order valence-electron chi connectivity index (χ2n) is 8.01. The van der Waals surface area contributed by atoms with E-state index < -0.39 is 36.7 Å². The summed E-state index contributed by atoms with van der Waals surface area (Å²) in [7, 11) is 0. The third-order valence-corrected chi connectivity index (χ3v) is 5.73. The fraction of sp³-hybridized carbons (Fsp3) is 0.833. The molecule has 7 nitrogen and oxygen atoms in total. The van der Waals surface area contributed by atoms with Gasteiger partial charge in [0, 0.05) is 13.2 Å². The Kier molecular flexibility index (Phi) is 6.00. The van der Waals surface area contributed by atoms with Crippen LogP contribution in [0.25, 0.3) is 0 Å². The van der Waals surface area contributed by atoms with E-state index in [1.54, 1.807) is 4.90 Å². The highest BCUT2D eigenvalue weighted by molar-refractivity contribution is 5.93. The van der Waals surface area contributed by atoms with E-state index in [9.17, 15) is 27.6 Å². The number of Topliss-reactive ketones (excluding diaryl/α,β-unsaturated/α-hetero) is 1. The molecule has 0 radical (unpaired) electrons. The first kappa shape index (κ1) is 21.0. The number of ketones is 1. The van der Waals surface area contributed by atoms with Gasteiger partial charge in [0.1, 0.15) is 12.6 Å². The molecule has 1 aliphatic carbocycles. The van der Waals surface area contributed by atoms with Gasteiger partial charge in [-0.25, -0.2) is 0 Å². The number of amides is 2. The minimum Gasteiger partial charge on any atom is -0.378 e. The second kappa shape index (κ2) is 7.98. The molecule has 2 amide bonds. The quantitative estimate of drug-likeness (QED) is 0.694. The van der Waals surface area contributed by atoms with Gasteiger partial charge in [0.2, 0.25) is 11.8 Å². The van der Waals surface area contributed by atoms with Crippen molar-refractivity contribution in [3.05, 3.63) is 0 Å². The van der Waals surface area contributed by atoms with Gasteiger partial charge in [-0.05, 0) is 44.4 Å². The van der Waals surface area contributed by atoms with Crippen molar-refractivity contribution in [1.82, 2.24) is 10.2 Å². The molecule has 0 aromatic heterocycles. The zero-order chi connectivity index (χ0) is 20.5. The third kappa shape index (κ3) is 5.22. The summed E-state index contributed by atoms with van der Waals surface area (Å²) in [5, 5.41) is 2.44. The molecule has 2 aliphatic heterocycles. The Labute approximate surface area is 160 Å². The lowest BCUT2D eigenvalue weighted by atomic mass is 10.0. The fourth-order valence-electron chi connectivity index (χ4n) is 3.88. The molecule has 28 heavy (non-hydrogen) atoms. The molecule has 1 saturated carbocycles. The van der Waals surface area contributed by atoms with E-state index in [0.717, 1.165) is 25.7 Å². The number of hydrogen-bond acceptors (Lipinski definition) is 5. The summed E-state index contributed by atoms with van der Waals surface area (Å²) in [5.41, 5.74) is -0.0408. The Morgan fingerprint density at radius 2 is 2.04 bits per heavy atom. The maximum atomic E-state index is 12.7. The molecule has 3 atom stereocenters. The normalized spacial score (nSPS) is 27.1.